The molecule has 3 aliphatic carbocycles. The van der Waals surface area contributed by atoms with Crippen LogP contribution < -0.4 is 5.73 Å². The number of esters is 1. The van der Waals surface area contributed by atoms with E-state index in [0.717, 1.165) is 0 Å². The summed E-state index contributed by atoms with van der Waals surface area (Å²) in [7, 11) is 0. The minimum Gasteiger partial charge on any atom is -0.511 e. The topological polar surface area (TPSA) is 205 Å². The lowest BCUT2D eigenvalue weighted by Gasteiger charge is -2.51. The molecule has 2 aromatic carbocycles. The van der Waals surface area contributed by atoms with Gasteiger partial charge in [-0.3, -0.25) is 19.2 Å². The quantitative estimate of drug-likeness (QED) is 0.246. The average molecular weight is 536 g/mol. The third kappa shape index (κ3) is 3.76. The van der Waals surface area contributed by atoms with Gasteiger partial charge in [-0.05, 0) is 35.2 Å². The molecule has 0 bridgehead atoms. The Bertz CT molecular complexity index is 1500. The number of ether oxygens (including phenoxy) is 1. The number of allylic oxidation sites excluding steroid dienone is 1. The zero-order chi connectivity index (χ0) is 28.4. The van der Waals surface area contributed by atoms with E-state index in [0.29, 0.717) is 11.1 Å². The Labute approximate surface area is 221 Å². The van der Waals surface area contributed by atoms with Crippen LogP contribution in [-0.4, -0.2) is 60.7 Å². The van der Waals surface area contributed by atoms with Crippen LogP contribution in [0.3, 0.4) is 0 Å². The van der Waals surface area contributed by atoms with Crippen LogP contribution in [0.5, 0.6) is 11.5 Å². The lowest BCUT2D eigenvalue weighted by Crippen LogP contribution is -2.63. The van der Waals surface area contributed by atoms with Gasteiger partial charge in [-0.25, -0.2) is 0 Å². The van der Waals surface area contributed by atoms with Gasteiger partial charge in [0.15, 0.2) is 11.4 Å². The van der Waals surface area contributed by atoms with E-state index in [-0.39, 0.29) is 23.5 Å². The molecule has 0 aliphatic heterocycles. The predicted octanol–water partition coefficient (Wildman–Crippen LogP) is 1.61. The first-order valence-corrected chi connectivity index (χ1v) is 12.1. The van der Waals surface area contributed by atoms with E-state index in [4.69, 9.17) is 10.5 Å². The number of amides is 1. The minimum atomic E-state index is -2.93. The molecule has 202 valence electrons. The number of phenols is 2. The summed E-state index contributed by atoms with van der Waals surface area (Å²) < 4.78 is 5.81. The third-order valence-electron chi connectivity index (χ3n) is 7.89. The number of rotatable bonds is 4. The monoisotopic (exact) mass is 535 g/mol. The fourth-order valence-electron chi connectivity index (χ4n) is 6.05. The van der Waals surface area contributed by atoms with Crippen LogP contribution in [0, 0.1) is 11.8 Å². The zero-order valence-electron chi connectivity index (χ0n) is 20.6. The molecule has 0 unspecified atom stereocenters. The predicted molar refractivity (Wildman–Crippen MR) is 133 cm³/mol. The van der Waals surface area contributed by atoms with E-state index in [1.165, 1.54) is 36.4 Å². The van der Waals surface area contributed by atoms with Crippen molar-refractivity contribution >= 4 is 23.4 Å². The van der Waals surface area contributed by atoms with Crippen molar-refractivity contribution in [3.05, 3.63) is 81.8 Å². The number of nitrogens with two attached hydrogens (primary N) is 1. The van der Waals surface area contributed by atoms with Gasteiger partial charge in [-0.15, -0.1) is 0 Å². The van der Waals surface area contributed by atoms with Crippen molar-refractivity contribution in [2.45, 2.75) is 37.4 Å². The van der Waals surface area contributed by atoms with Gasteiger partial charge in [0.05, 0.1) is 12.0 Å². The first kappa shape index (κ1) is 26.0. The van der Waals surface area contributed by atoms with Crippen LogP contribution in [0.15, 0.2) is 65.1 Å². The van der Waals surface area contributed by atoms with E-state index in [2.05, 4.69) is 0 Å². The number of carbonyl (C=O) groups is 4. The number of benzene rings is 2. The number of hydrogen-bond donors (Lipinski definition) is 6. The summed E-state index contributed by atoms with van der Waals surface area (Å²) >= 11 is 0. The molecule has 0 spiro atoms. The molecular formula is C28H25NO10. The smallest absolute Gasteiger partial charge is 0.310 e. The summed E-state index contributed by atoms with van der Waals surface area (Å²) in [6, 6.07) is 10.1. The van der Waals surface area contributed by atoms with Crippen molar-refractivity contribution in [1.29, 1.82) is 0 Å². The lowest BCUT2D eigenvalue weighted by molar-refractivity contribution is -0.174. The molecule has 0 saturated carbocycles. The van der Waals surface area contributed by atoms with Gasteiger partial charge in [-0.2, -0.15) is 0 Å². The molecule has 7 N–H and O–H groups in total. The van der Waals surface area contributed by atoms with Crippen molar-refractivity contribution < 1.29 is 49.4 Å². The minimum absolute atomic E-state index is 0.0144. The van der Waals surface area contributed by atoms with Gasteiger partial charge in [0.2, 0.25) is 5.78 Å². The van der Waals surface area contributed by atoms with Crippen LogP contribution in [0.1, 0.15) is 40.7 Å². The Balaban J connectivity index is 1.68. The van der Waals surface area contributed by atoms with Gasteiger partial charge >= 0.3 is 5.97 Å². The van der Waals surface area contributed by atoms with E-state index in [9.17, 15) is 44.7 Å². The number of ketones is 2. The molecule has 3 aliphatic rings. The number of fused-ring (bicyclic) bond motifs is 3. The highest BCUT2D eigenvalue weighted by Crippen LogP contribution is 2.55. The molecule has 0 radical (unpaired) electrons. The van der Waals surface area contributed by atoms with E-state index < -0.39 is 82.0 Å². The zero-order valence-corrected chi connectivity index (χ0v) is 20.6. The second-order valence-corrected chi connectivity index (χ2v) is 10.0. The first-order valence-electron chi connectivity index (χ1n) is 12.1. The summed E-state index contributed by atoms with van der Waals surface area (Å²) in [6.07, 6.45) is -2.28. The second-order valence-electron chi connectivity index (χ2n) is 10.0. The first-order chi connectivity index (χ1) is 18.4. The van der Waals surface area contributed by atoms with Gasteiger partial charge in [0.1, 0.15) is 34.7 Å². The maximum absolute atomic E-state index is 13.7. The lowest BCUT2D eigenvalue weighted by atomic mass is 9.56. The number of aliphatic hydroxyl groups is 3. The SMILES string of the molecule is C[C@H]1c2cccc(O)c2C(=O)C2=C(O)[C@]3(O)C(=O)C(C(N)=O)=C(O)C[C@@H]3[C@@H](OC(=O)Cc3ccc(O)cc3)[C@@H]21. The van der Waals surface area contributed by atoms with Crippen LogP contribution in [0.2, 0.25) is 0 Å². The number of primary amides is 1. The van der Waals surface area contributed by atoms with Crippen molar-refractivity contribution in [2.75, 3.05) is 0 Å². The van der Waals surface area contributed by atoms with Crippen LogP contribution in [-0.2, 0) is 25.5 Å². The van der Waals surface area contributed by atoms with Gasteiger partial charge in [0, 0.05) is 23.8 Å². The molecule has 5 rings (SSSR count). The molecule has 0 aromatic heterocycles. The van der Waals surface area contributed by atoms with Gasteiger partial charge < -0.3 is 36.0 Å². The number of phenolic OH excluding ortho intramolecular Hbond substituents is 2. The normalized spacial score (nSPS) is 27.9. The van der Waals surface area contributed by atoms with Gasteiger partial charge in [0.25, 0.3) is 5.91 Å². The standard InChI is InChI=1S/C28H25NO10/c1-11-14-3-2-4-16(31)20(14)23(34)22-19(11)24(39-18(33)9-12-5-7-13(30)8-6-12)15-10-17(32)21(27(29)37)25(35)28(15,38)26(22)36/h2-8,11,15,19,24,30-32,36,38H,9-10H2,1H3,(H2,29,37)/t11-,15+,19+,24+,28+/m0/s1. The Morgan fingerprint density at radius 1 is 1.05 bits per heavy atom. The molecule has 0 fully saturated rings. The van der Waals surface area contributed by atoms with Crippen LogP contribution >= 0.6 is 0 Å². The maximum Gasteiger partial charge on any atom is 0.310 e. The fourth-order valence-corrected chi connectivity index (χ4v) is 6.05. The Morgan fingerprint density at radius 3 is 2.36 bits per heavy atom. The third-order valence-corrected chi connectivity index (χ3v) is 7.89. The van der Waals surface area contributed by atoms with Crippen molar-refractivity contribution in [1.82, 2.24) is 0 Å². The second kappa shape index (κ2) is 8.98. The Morgan fingerprint density at radius 2 is 1.72 bits per heavy atom. The maximum atomic E-state index is 13.7. The summed E-state index contributed by atoms with van der Waals surface area (Å²) in [5, 5.41) is 53.5. The van der Waals surface area contributed by atoms with Gasteiger partial charge in [-0.1, -0.05) is 31.2 Å². The molecule has 11 heteroatoms. The summed E-state index contributed by atoms with van der Waals surface area (Å²) in [4.78, 5) is 52.1. The summed E-state index contributed by atoms with van der Waals surface area (Å²) in [5.74, 6) is -9.92. The Kier molecular flexibility index (Phi) is 5.99. The van der Waals surface area contributed by atoms with E-state index in [1.807, 2.05) is 0 Å². The fraction of sp³-hybridized carbons (Fsp3) is 0.286. The molecule has 5 atom stereocenters. The number of hydrogen-bond acceptors (Lipinski definition) is 10. The number of Topliss-reactive ketones (excluding diaryl/α,β-unsaturated/α-hetero) is 2. The molecule has 39 heavy (non-hydrogen) atoms. The molecule has 0 heterocycles. The van der Waals surface area contributed by atoms with Crippen LogP contribution in [0.25, 0.3) is 0 Å². The Hall–Kier alpha value is -4.64. The highest BCUT2D eigenvalue weighted by atomic mass is 16.5. The molecule has 0 saturated heterocycles. The largest absolute Gasteiger partial charge is 0.511 e. The van der Waals surface area contributed by atoms with E-state index in [1.54, 1.807) is 13.0 Å². The highest BCUT2D eigenvalue weighted by molar-refractivity contribution is 6.24. The molecular weight excluding hydrogens is 510 g/mol. The molecule has 1 amide bonds. The summed E-state index contributed by atoms with van der Waals surface area (Å²) in [6.45, 7) is 1.67. The number of aliphatic hydroxyl groups excluding tert-OH is 2. The van der Waals surface area contributed by atoms with Crippen LogP contribution in [0.4, 0.5) is 0 Å². The number of aromatic hydroxyl groups is 2. The molecule has 2 aromatic rings. The number of carbonyl (C=O) groups excluding carboxylic acids is 4. The average Bonchev–Trinajstić information content (AvgIpc) is 2.87. The van der Waals surface area contributed by atoms with Crippen molar-refractivity contribution in [3.63, 3.8) is 0 Å². The molecule has 11 nitrogen and oxygen atoms in total. The van der Waals surface area contributed by atoms with Crippen molar-refractivity contribution in [3.8, 4) is 11.5 Å². The van der Waals surface area contributed by atoms with Crippen molar-refractivity contribution in [2.24, 2.45) is 17.6 Å². The van der Waals surface area contributed by atoms with E-state index >= 15 is 0 Å². The highest BCUT2D eigenvalue weighted by Gasteiger charge is 2.65. The summed E-state index contributed by atoms with van der Waals surface area (Å²) in [5.41, 5.74) is 1.68.